The molecule has 4 nitrogen and oxygen atoms in total. The Balaban J connectivity index is 1.75. The van der Waals surface area contributed by atoms with E-state index in [-0.39, 0.29) is 34.6 Å². The quantitative estimate of drug-likeness (QED) is 0.794. The molecule has 24 heavy (non-hydrogen) atoms. The lowest BCUT2D eigenvalue weighted by molar-refractivity contribution is -0.187. The maximum absolute atomic E-state index is 13.1. The third-order valence-electron chi connectivity index (χ3n) is 8.53. The van der Waals surface area contributed by atoms with Gasteiger partial charge in [-0.05, 0) is 61.7 Å². The van der Waals surface area contributed by atoms with Crippen LogP contribution in [0.2, 0.25) is 0 Å². The zero-order valence-corrected chi connectivity index (χ0v) is 15.1. The summed E-state index contributed by atoms with van der Waals surface area (Å²) in [7, 11) is 0. The minimum Gasteiger partial charge on any atom is -0.481 e. The van der Waals surface area contributed by atoms with Crippen LogP contribution in [-0.4, -0.2) is 29.6 Å². The number of aliphatic carboxylic acids is 1. The van der Waals surface area contributed by atoms with Crippen molar-refractivity contribution in [3.63, 3.8) is 0 Å². The molecule has 0 radical (unpaired) electrons. The number of carboxylic acid groups (broad SMARTS) is 1. The molecule has 3 saturated carbocycles. The molecule has 1 heterocycles. The lowest BCUT2D eigenvalue weighted by atomic mass is 9.42. The van der Waals surface area contributed by atoms with Crippen LogP contribution < -0.4 is 0 Å². The van der Waals surface area contributed by atoms with Crippen molar-refractivity contribution in [2.75, 3.05) is 6.61 Å². The van der Waals surface area contributed by atoms with Gasteiger partial charge in [0.1, 0.15) is 5.78 Å². The summed E-state index contributed by atoms with van der Waals surface area (Å²) in [6.07, 6.45) is 6.41. The number of hydrogen-bond donors (Lipinski definition) is 1. The fraction of sp³-hybridized carbons (Fsp3) is 0.900. The van der Waals surface area contributed by atoms with Gasteiger partial charge >= 0.3 is 5.97 Å². The van der Waals surface area contributed by atoms with E-state index in [0.29, 0.717) is 18.8 Å². The Bertz CT molecular complexity index is 586. The summed E-state index contributed by atoms with van der Waals surface area (Å²) in [6.45, 7) is 7.21. The van der Waals surface area contributed by atoms with Crippen LogP contribution in [0.4, 0.5) is 0 Å². The van der Waals surface area contributed by atoms with Crippen LogP contribution in [0.5, 0.6) is 0 Å². The molecule has 4 fully saturated rings. The third kappa shape index (κ3) is 1.95. The van der Waals surface area contributed by atoms with Gasteiger partial charge in [-0.1, -0.05) is 20.3 Å². The minimum absolute atomic E-state index is 0.0105. The molecular weight excluding hydrogens is 304 g/mol. The average Bonchev–Trinajstić information content (AvgIpc) is 2.91. The SMILES string of the molecule is CC12CCOC1C1C(=O)CC3C(C)(C(=O)O)CCCC3(C)C1CC2. The Morgan fingerprint density at radius 1 is 1.17 bits per heavy atom. The van der Waals surface area contributed by atoms with Crippen molar-refractivity contribution in [3.8, 4) is 0 Å². The molecule has 0 aromatic carbocycles. The highest BCUT2D eigenvalue weighted by Crippen LogP contribution is 2.65. The number of rotatable bonds is 1. The van der Waals surface area contributed by atoms with E-state index in [1.54, 1.807) is 0 Å². The predicted octanol–water partition coefficient (Wildman–Crippen LogP) is 3.68. The van der Waals surface area contributed by atoms with E-state index in [1.807, 2.05) is 6.92 Å². The van der Waals surface area contributed by atoms with Crippen molar-refractivity contribution in [1.82, 2.24) is 0 Å². The summed E-state index contributed by atoms with van der Waals surface area (Å²) in [6, 6.07) is 0. The topological polar surface area (TPSA) is 63.6 Å². The normalized spacial score (nSPS) is 53.9. The molecule has 4 rings (SSSR count). The molecule has 1 saturated heterocycles. The number of carbonyl (C=O) groups excluding carboxylic acids is 1. The molecule has 4 heteroatoms. The van der Waals surface area contributed by atoms with E-state index in [1.165, 1.54) is 0 Å². The number of ketones is 1. The van der Waals surface area contributed by atoms with E-state index in [0.717, 1.165) is 38.7 Å². The zero-order chi connectivity index (χ0) is 17.3. The summed E-state index contributed by atoms with van der Waals surface area (Å²) < 4.78 is 6.09. The number of carbonyl (C=O) groups is 2. The van der Waals surface area contributed by atoms with Crippen molar-refractivity contribution >= 4 is 11.8 Å². The predicted molar refractivity (Wildman–Crippen MR) is 89.5 cm³/mol. The van der Waals surface area contributed by atoms with Crippen molar-refractivity contribution in [1.29, 1.82) is 0 Å². The Labute approximate surface area is 144 Å². The van der Waals surface area contributed by atoms with E-state index in [4.69, 9.17) is 4.74 Å². The second-order valence-electron chi connectivity index (χ2n) is 9.67. The van der Waals surface area contributed by atoms with Crippen LogP contribution in [0.3, 0.4) is 0 Å². The summed E-state index contributed by atoms with van der Waals surface area (Å²) in [5.41, 5.74) is -0.660. The Morgan fingerprint density at radius 2 is 1.92 bits per heavy atom. The largest absolute Gasteiger partial charge is 0.481 e. The average molecular weight is 334 g/mol. The highest BCUT2D eigenvalue weighted by Gasteiger charge is 2.65. The van der Waals surface area contributed by atoms with Gasteiger partial charge in [0.2, 0.25) is 0 Å². The number of fused-ring (bicyclic) bond motifs is 5. The van der Waals surface area contributed by atoms with Gasteiger partial charge in [0, 0.05) is 18.9 Å². The van der Waals surface area contributed by atoms with Gasteiger partial charge in [0.25, 0.3) is 0 Å². The standard InChI is InChI=1S/C20H30O4/c1-18-8-5-12-15(16(18)24-10-9-18)13(21)11-14-19(12,2)6-4-7-20(14,3)17(22)23/h12,14-16H,4-11H2,1-3H3,(H,22,23). The monoisotopic (exact) mass is 334 g/mol. The van der Waals surface area contributed by atoms with Crippen molar-refractivity contribution in [2.45, 2.75) is 71.8 Å². The van der Waals surface area contributed by atoms with Gasteiger partial charge in [0.05, 0.1) is 11.5 Å². The van der Waals surface area contributed by atoms with Crippen molar-refractivity contribution < 1.29 is 19.4 Å². The van der Waals surface area contributed by atoms with Gasteiger partial charge < -0.3 is 9.84 Å². The first-order chi connectivity index (χ1) is 11.2. The lowest BCUT2D eigenvalue weighted by Gasteiger charge is -2.61. The highest BCUT2D eigenvalue weighted by molar-refractivity contribution is 5.85. The minimum atomic E-state index is -0.759. The number of ether oxygens (including phenoxy) is 1. The fourth-order valence-corrected chi connectivity index (χ4v) is 6.98. The van der Waals surface area contributed by atoms with Gasteiger partial charge in [-0.3, -0.25) is 9.59 Å². The first-order valence-corrected chi connectivity index (χ1v) is 9.60. The van der Waals surface area contributed by atoms with Crippen LogP contribution in [0, 0.1) is 34.0 Å². The molecule has 7 atom stereocenters. The van der Waals surface area contributed by atoms with Gasteiger partial charge in [-0.15, -0.1) is 0 Å². The van der Waals surface area contributed by atoms with Crippen molar-refractivity contribution in [2.24, 2.45) is 34.0 Å². The molecule has 1 aliphatic heterocycles. The third-order valence-corrected chi connectivity index (χ3v) is 8.53. The summed E-state index contributed by atoms with van der Waals surface area (Å²) in [4.78, 5) is 25.2. The molecule has 0 spiro atoms. The molecule has 7 unspecified atom stereocenters. The molecule has 134 valence electrons. The van der Waals surface area contributed by atoms with Crippen LogP contribution in [0.15, 0.2) is 0 Å². The number of carboxylic acids is 1. The number of Topliss-reactive ketones (excluding diaryl/α,β-unsaturated/α-hetero) is 1. The highest BCUT2D eigenvalue weighted by atomic mass is 16.5. The molecule has 0 aromatic rings. The lowest BCUT2D eigenvalue weighted by Crippen LogP contribution is -2.62. The molecule has 0 amide bonds. The first-order valence-electron chi connectivity index (χ1n) is 9.60. The zero-order valence-electron chi connectivity index (χ0n) is 15.1. The van der Waals surface area contributed by atoms with Gasteiger partial charge in [-0.25, -0.2) is 0 Å². The Hall–Kier alpha value is -0.900. The maximum Gasteiger partial charge on any atom is 0.309 e. The molecule has 3 aliphatic carbocycles. The summed E-state index contributed by atoms with van der Waals surface area (Å²) in [5, 5.41) is 9.89. The van der Waals surface area contributed by atoms with Crippen LogP contribution in [0.25, 0.3) is 0 Å². The number of hydrogen-bond acceptors (Lipinski definition) is 3. The van der Waals surface area contributed by atoms with E-state index < -0.39 is 11.4 Å². The molecular formula is C20H30O4. The van der Waals surface area contributed by atoms with Crippen LogP contribution in [0.1, 0.15) is 65.7 Å². The molecule has 0 aromatic heterocycles. The van der Waals surface area contributed by atoms with Crippen LogP contribution >= 0.6 is 0 Å². The Morgan fingerprint density at radius 3 is 2.62 bits per heavy atom. The molecule has 1 N–H and O–H groups in total. The maximum atomic E-state index is 13.1. The second-order valence-corrected chi connectivity index (χ2v) is 9.67. The molecule has 0 bridgehead atoms. The smallest absolute Gasteiger partial charge is 0.309 e. The Kier molecular flexibility index (Phi) is 3.49. The second kappa shape index (κ2) is 5.06. The van der Waals surface area contributed by atoms with Gasteiger partial charge in [0.15, 0.2) is 0 Å². The van der Waals surface area contributed by atoms with E-state index >= 15 is 0 Å². The van der Waals surface area contributed by atoms with Crippen LogP contribution in [-0.2, 0) is 14.3 Å². The summed E-state index contributed by atoms with van der Waals surface area (Å²) >= 11 is 0. The van der Waals surface area contributed by atoms with E-state index in [2.05, 4.69) is 13.8 Å². The molecule has 4 aliphatic rings. The first kappa shape index (κ1) is 16.6. The van der Waals surface area contributed by atoms with Gasteiger partial charge in [-0.2, -0.15) is 0 Å². The fourth-order valence-electron chi connectivity index (χ4n) is 6.98. The van der Waals surface area contributed by atoms with Crippen molar-refractivity contribution in [3.05, 3.63) is 0 Å². The van der Waals surface area contributed by atoms with E-state index in [9.17, 15) is 14.7 Å². The summed E-state index contributed by atoms with van der Waals surface area (Å²) in [5.74, 6) is -0.199.